The van der Waals surface area contributed by atoms with Crippen molar-refractivity contribution < 1.29 is 14.0 Å². The van der Waals surface area contributed by atoms with Gasteiger partial charge >= 0.3 is 0 Å². The molecule has 0 radical (unpaired) electrons. The summed E-state index contributed by atoms with van der Waals surface area (Å²) in [7, 11) is 3.20. The van der Waals surface area contributed by atoms with Crippen molar-refractivity contribution in [1.29, 1.82) is 0 Å². The number of H-pyrrole nitrogens is 1. The third-order valence-electron chi connectivity index (χ3n) is 4.02. The molecule has 0 saturated carbocycles. The van der Waals surface area contributed by atoms with Crippen molar-refractivity contribution in [2.75, 3.05) is 14.2 Å². The number of halogens is 1. The number of aromatic amines is 1. The third-order valence-corrected chi connectivity index (χ3v) is 5.11. The summed E-state index contributed by atoms with van der Waals surface area (Å²) in [4.78, 5) is 8.90. The van der Waals surface area contributed by atoms with E-state index in [0.717, 1.165) is 11.1 Å². The van der Waals surface area contributed by atoms with Crippen LogP contribution in [0.15, 0.2) is 52.1 Å². The van der Waals surface area contributed by atoms with E-state index in [2.05, 4.69) is 25.3 Å². The van der Waals surface area contributed by atoms with Crippen molar-refractivity contribution >= 4 is 23.4 Å². The molecule has 0 aliphatic carbocycles. The number of hydrogen-bond acceptors (Lipinski definition) is 8. The number of aromatic nitrogens is 5. The molecule has 10 heteroatoms. The van der Waals surface area contributed by atoms with Crippen LogP contribution in [0.25, 0.3) is 22.8 Å². The highest BCUT2D eigenvalue weighted by molar-refractivity contribution is 7.98. The topological polar surface area (TPSA) is 99.0 Å². The molecule has 8 nitrogen and oxygen atoms in total. The number of rotatable bonds is 7. The van der Waals surface area contributed by atoms with Gasteiger partial charge in [-0.2, -0.15) is 4.98 Å². The van der Waals surface area contributed by atoms with E-state index in [0.29, 0.717) is 45.0 Å². The average molecular weight is 430 g/mol. The van der Waals surface area contributed by atoms with Crippen molar-refractivity contribution in [3.63, 3.8) is 0 Å². The van der Waals surface area contributed by atoms with Gasteiger partial charge in [-0.05, 0) is 36.4 Å². The summed E-state index contributed by atoms with van der Waals surface area (Å²) in [6.07, 6.45) is 0. The Kier molecular flexibility index (Phi) is 5.68. The van der Waals surface area contributed by atoms with Gasteiger partial charge in [0.25, 0.3) is 5.89 Å². The molecule has 0 spiro atoms. The lowest BCUT2D eigenvalue weighted by Gasteiger charge is -2.07. The van der Waals surface area contributed by atoms with Gasteiger partial charge in [0.2, 0.25) is 5.16 Å². The predicted octanol–water partition coefficient (Wildman–Crippen LogP) is 4.48. The number of thioether (sulfide) groups is 1. The quantitative estimate of drug-likeness (QED) is 0.429. The number of methoxy groups -OCH3 is 2. The van der Waals surface area contributed by atoms with Crippen molar-refractivity contribution in [3.05, 3.63) is 53.3 Å². The van der Waals surface area contributed by atoms with E-state index in [-0.39, 0.29) is 0 Å². The van der Waals surface area contributed by atoms with Crippen molar-refractivity contribution in [2.45, 2.75) is 10.9 Å². The summed E-state index contributed by atoms with van der Waals surface area (Å²) >= 11 is 7.30. The van der Waals surface area contributed by atoms with Crippen LogP contribution in [0.4, 0.5) is 0 Å². The monoisotopic (exact) mass is 429 g/mol. The molecule has 1 N–H and O–H groups in total. The Balaban J connectivity index is 1.45. The first kappa shape index (κ1) is 19.3. The third kappa shape index (κ3) is 4.36. The Labute approximate surface area is 175 Å². The van der Waals surface area contributed by atoms with Gasteiger partial charge in [0, 0.05) is 16.7 Å². The summed E-state index contributed by atoms with van der Waals surface area (Å²) < 4.78 is 15.9. The molecule has 0 aliphatic rings. The second-order valence-corrected chi connectivity index (χ2v) is 7.22. The van der Waals surface area contributed by atoms with Crippen LogP contribution < -0.4 is 9.47 Å². The lowest BCUT2D eigenvalue weighted by atomic mass is 10.2. The fourth-order valence-corrected chi connectivity index (χ4v) is 3.34. The van der Waals surface area contributed by atoms with Crippen molar-refractivity contribution in [1.82, 2.24) is 25.3 Å². The summed E-state index contributed by atoms with van der Waals surface area (Å²) in [5.41, 5.74) is 1.60. The minimum absolute atomic E-state index is 0.441. The lowest BCUT2D eigenvalue weighted by Crippen LogP contribution is -1.91. The largest absolute Gasteiger partial charge is 0.497 e. The van der Waals surface area contributed by atoms with E-state index in [9.17, 15) is 0 Å². The molecule has 0 atom stereocenters. The van der Waals surface area contributed by atoms with Crippen LogP contribution in [0.2, 0.25) is 5.02 Å². The number of ether oxygens (including phenoxy) is 2. The number of nitrogens with zero attached hydrogens (tertiary/aromatic N) is 4. The molecule has 2 aromatic heterocycles. The predicted molar refractivity (Wildman–Crippen MR) is 109 cm³/mol. The fourth-order valence-electron chi connectivity index (χ4n) is 2.58. The molecule has 2 aromatic carbocycles. The van der Waals surface area contributed by atoms with E-state index in [1.54, 1.807) is 32.4 Å². The SMILES string of the molecule is COc1ccc(-c2nc(SCc3noc(-c4ccc(Cl)cc4)n3)n[nH]2)c(OC)c1. The second-order valence-electron chi connectivity index (χ2n) is 5.84. The Bertz CT molecular complexity index is 1110. The zero-order chi connectivity index (χ0) is 20.2. The first-order valence-electron chi connectivity index (χ1n) is 8.52. The molecule has 0 aliphatic heterocycles. The minimum Gasteiger partial charge on any atom is -0.497 e. The van der Waals surface area contributed by atoms with Crippen LogP contribution in [0.1, 0.15) is 5.82 Å². The van der Waals surface area contributed by atoms with Gasteiger partial charge in [0.15, 0.2) is 11.6 Å². The molecule has 0 bridgehead atoms. The van der Waals surface area contributed by atoms with Crippen LogP contribution in [-0.2, 0) is 5.75 Å². The van der Waals surface area contributed by atoms with Gasteiger partial charge in [-0.25, -0.2) is 4.98 Å². The van der Waals surface area contributed by atoms with Crippen molar-refractivity contribution in [2.24, 2.45) is 0 Å². The first-order valence-corrected chi connectivity index (χ1v) is 9.88. The Morgan fingerprint density at radius 2 is 1.90 bits per heavy atom. The average Bonchev–Trinajstić information content (AvgIpc) is 3.42. The highest BCUT2D eigenvalue weighted by Crippen LogP contribution is 2.32. The minimum atomic E-state index is 0.441. The highest BCUT2D eigenvalue weighted by atomic mass is 35.5. The van der Waals surface area contributed by atoms with Gasteiger partial charge in [0.1, 0.15) is 11.5 Å². The molecule has 2 heterocycles. The number of nitrogens with one attached hydrogen (secondary N) is 1. The van der Waals surface area contributed by atoms with Gasteiger partial charge in [-0.1, -0.05) is 28.5 Å². The molecular formula is C19H16ClN5O3S. The maximum absolute atomic E-state index is 5.90. The van der Waals surface area contributed by atoms with Crippen LogP contribution in [0, 0.1) is 0 Å². The second kappa shape index (κ2) is 8.54. The van der Waals surface area contributed by atoms with E-state index in [1.807, 2.05) is 24.3 Å². The van der Waals surface area contributed by atoms with Crippen LogP contribution in [0.3, 0.4) is 0 Å². The molecule has 148 valence electrons. The zero-order valence-electron chi connectivity index (χ0n) is 15.5. The van der Waals surface area contributed by atoms with Gasteiger partial charge < -0.3 is 14.0 Å². The highest BCUT2D eigenvalue weighted by Gasteiger charge is 2.14. The standard InChI is InChI=1S/C19H16ClN5O3S/c1-26-13-7-8-14(15(9-13)27-2)17-22-19(24-23-17)29-10-16-21-18(28-25-16)11-3-5-12(20)6-4-11/h3-9H,10H2,1-2H3,(H,22,23,24). The Morgan fingerprint density at radius 3 is 2.66 bits per heavy atom. The van der Waals surface area contributed by atoms with E-state index >= 15 is 0 Å². The number of benzene rings is 2. The summed E-state index contributed by atoms with van der Waals surface area (Å²) in [6, 6.07) is 12.7. The van der Waals surface area contributed by atoms with E-state index < -0.39 is 0 Å². The van der Waals surface area contributed by atoms with Crippen LogP contribution in [-0.4, -0.2) is 39.5 Å². The molecule has 29 heavy (non-hydrogen) atoms. The molecular weight excluding hydrogens is 414 g/mol. The zero-order valence-corrected chi connectivity index (χ0v) is 17.1. The van der Waals surface area contributed by atoms with Gasteiger partial charge in [0.05, 0.1) is 25.5 Å². The smallest absolute Gasteiger partial charge is 0.257 e. The summed E-state index contributed by atoms with van der Waals surface area (Å²) in [5.74, 6) is 3.40. The molecule has 4 aromatic rings. The summed E-state index contributed by atoms with van der Waals surface area (Å²) in [6.45, 7) is 0. The maximum Gasteiger partial charge on any atom is 0.257 e. The van der Waals surface area contributed by atoms with E-state index in [1.165, 1.54) is 11.8 Å². The lowest BCUT2D eigenvalue weighted by molar-refractivity contribution is 0.395. The van der Waals surface area contributed by atoms with E-state index in [4.69, 9.17) is 25.6 Å². The molecule has 0 saturated heterocycles. The Morgan fingerprint density at radius 1 is 1.07 bits per heavy atom. The Hall–Kier alpha value is -3.04. The van der Waals surface area contributed by atoms with Crippen molar-refractivity contribution in [3.8, 4) is 34.3 Å². The molecule has 0 amide bonds. The fraction of sp³-hybridized carbons (Fsp3) is 0.158. The number of hydrogen-bond donors (Lipinski definition) is 1. The van der Waals surface area contributed by atoms with Crippen LogP contribution in [0.5, 0.6) is 11.5 Å². The maximum atomic E-state index is 5.90. The molecule has 4 rings (SSSR count). The molecule has 0 fully saturated rings. The van der Waals surface area contributed by atoms with Gasteiger partial charge in [-0.15, -0.1) is 5.10 Å². The molecule has 0 unspecified atom stereocenters. The summed E-state index contributed by atoms with van der Waals surface area (Å²) in [5, 5.41) is 12.4. The normalized spacial score (nSPS) is 10.9. The van der Waals surface area contributed by atoms with Gasteiger partial charge in [-0.3, -0.25) is 5.10 Å². The van der Waals surface area contributed by atoms with Crippen LogP contribution >= 0.6 is 23.4 Å². The first-order chi connectivity index (χ1) is 14.2.